The Balaban J connectivity index is 0.000000251. The van der Waals surface area contributed by atoms with Gasteiger partial charge in [-0.15, -0.1) is 0 Å². The number of hydrogen-bond acceptors (Lipinski definition) is 7. The normalized spacial score (nSPS) is 12.4. The summed E-state index contributed by atoms with van der Waals surface area (Å²) in [4.78, 5) is 23.9. The van der Waals surface area contributed by atoms with Crippen molar-refractivity contribution in [2.45, 2.75) is 58.2 Å². The van der Waals surface area contributed by atoms with Gasteiger partial charge in [0.25, 0.3) is 0 Å². The van der Waals surface area contributed by atoms with Crippen LogP contribution in [0.15, 0.2) is 140 Å². The van der Waals surface area contributed by atoms with Gasteiger partial charge in [0.2, 0.25) is 5.91 Å². The van der Waals surface area contributed by atoms with Crippen molar-refractivity contribution in [3.05, 3.63) is 167 Å². The zero-order chi connectivity index (χ0) is 37.7. The van der Waals surface area contributed by atoms with E-state index in [1.54, 1.807) is 6.92 Å². The number of carboxylic acids is 1. The minimum Gasteiger partial charge on any atom is -0.489 e. The fraction of sp³-hybridized carbons (Fsp3) is 0.273. The summed E-state index contributed by atoms with van der Waals surface area (Å²) in [5.74, 6) is 0.353. The molecule has 0 aliphatic heterocycles. The molecule has 5 aromatic carbocycles. The minimum atomic E-state index is -0.939. The number of benzene rings is 5. The number of carboxylic acid groups (broad SMARTS) is 1. The summed E-state index contributed by atoms with van der Waals surface area (Å²) in [6.07, 6.45) is -0.659. The Hall–Kier alpha value is -5.48. The highest BCUT2D eigenvalue weighted by Crippen LogP contribution is 2.19. The zero-order valence-electron chi connectivity index (χ0n) is 30.3. The molecule has 0 fully saturated rings. The number of carbonyl (C=O) groups is 2. The Morgan fingerprint density at radius 3 is 1.40 bits per heavy atom. The van der Waals surface area contributed by atoms with E-state index in [9.17, 15) is 14.7 Å². The fourth-order valence-electron chi connectivity index (χ4n) is 5.39. The van der Waals surface area contributed by atoms with Crippen molar-refractivity contribution in [3.8, 4) is 11.5 Å². The third-order valence-electron chi connectivity index (χ3n) is 8.19. The smallest absolute Gasteiger partial charge is 0.333 e. The Labute approximate surface area is 312 Å². The first-order valence-electron chi connectivity index (χ1n) is 17.8. The quantitative estimate of drug-likeness (QED) is 0.0810. The first kappa shape index (κ1) is 40.3. The first-order valence-corrected chi connectivity index (χ1v) is 17.8. The molecule has 3 atom stereocenters. The lowest BCUT2D eigenvalue weighted by Gasteiger charge is -2.22. The van der Waals surface area contributed by atoms with Gasteiger partial charge < -0.3 is 34.5 Å². The van der Waals surface area contributed by atoms with Crippen molar-refractivity contribution in [1.82, 2.24) is 5.32 Å². The predicted octanol–water partition coefficient (Wildman–Crippen LogP) is 7.36. The van der Waals surface area contributed by atoms with Crippen LogP contribution in [0.1, 0.15) is 47.7 Å². The number of rotatable bonds is 19. The highest BCUT2D eigenvalue weighted by Gasteiger charge is 2.23. The maximum absolute atomic E-state index is 12.8. The van der Waals surface area contributed by atoms with Gasteiger partial charge in [0.1, 0.15) is 30.8 Å². The highest BCUT2D eigenvalue weighted by molar-refractivity contribution is 5.81. The summed E-state index contributed by atoms with van der Waals surface area (Å²) in [5, 5.41) is 21.7. The largest absolute Gasteiger partial charge is 0.489 e. The number of hydrogen-bond donors (Lipinski definition) is 3. The molecule has 278 valence electrons. The monoisotopic (exact) mass is 719 g/mol. The van der Waals surface area contributed by atoms with Gasteiger partial charge in [-0.1, -0.05) is 115 Å². The van der Waals surface area contributed by atoms with Gasteiger partial charge in [-0.2, -0.15) is 0 Å². The van der Waals surface area contributed by atoms with E-state index in [2.05, 4.69) is 5.32 Å². The van der Waals surface area contributed by atoms with Crippen molar-refractivity contribution in [2.24, 2.45) is 0 Å². The molecule has 1 amide bonds. The molecule has 5 aromatic rings. The molecule has 9 heteroatoms. The van der Waals surface area contributed by atoms with Gasteiger partial charge in [0, 0.05) is 26.1 Å². The van der Waals surface area contributed by atoms with E-state index in [-0.39, 0.29) is 12.5 Å². The van der Waals surface area contributed by atoms with Crippen molar-refractivity contribution >= 4 is 11.9 Å². The Kier molecular flexibility index (Phi) is 17.1. The standard InChI is InChI=1S/C26H29NO4.C18H20O4/c1-2-30-25(26(29)27-24(18-28)22-11-7-4-8-12-22)17-20-13-15-23(16-14-20)31-19-21-9-5-3-6-10-21;1-2-21-17(18(19)20)12-14-8-10-16(11-9-14)22-13-15-6-4-3-5-7-15/h3-16,24-25,28H,2,17-19H2,1H3,(H,27,29);3-11,17H,2,12-13H2,1H3,(H,19,20)/t24-,25-;17-/m00/s1. The van der Waals surface area contributed by atoms with Crippen LogP contribution in [0.25, 0.3) is 0 Å². The predicted molar refractivity (Wildman–Crippen MR) is 205 cm³/mol. The van der Waals surface area contributed by atoms with Gasteiger partial charge in [0.15, 0.2) is 6.10 Å². The van der Waals surface area contributed by atoms with Crippen LogP contribution in [-0.4, -0.2) is 54.1 Å². The molecule has 0 aliphatic rings. The molecule has 0 saturated heterocycles. The van der Waals surface area contributed by atoms with Crippen LogP contribution in [0, 0.1) is 0 Å². The molecule has 0 saturated carbocycles. The van der Waals surface area contributed by atoms with Crippen LogP contribution in [0.2, 0.25) is 0 Å². The van der Waals surface area contributed by atoms with Crippen LogP contribution >= 0.6 is 0 Å². The molecular weight excluding hydrogens is 670 g/mol. The van der Waals surface area contributed by atoms with E-state index in [1.165, 1.54) is 0 Å². The number of ether oxygens (including phenoxy) is 4. The molecule has 5 rings (SSSR count). The van der Waals surface area contributed by atoms with Gasteiger partial charge in [-0.25, -0.2) is 4.79 Å². The number of carbonyl (C=O) groups excluding carboxylic acids is 1. The first-order chi connectivity index (χ1) is 25.9. The van der Waals surface area contributed by atoms with E-state index in [0.29, 0.717) is 39.3 Å². The van der Waals surface area contributed by atoms with Crippen LogP contribution < -0.4 is 14.8 Å². The van der Waals surface area contributed by atoms with Crippen LogP contribution in [0.3, 0.4) is 0 Å². The fourth-order valence-corrected chi connectivity index (χ4v) is 5.39. The van der Waals surface area contributed by atoms with Crippen molar-refractivity contribution in [3.63, 3.8) is 0 Å². The SMILES string of the molecule is CCO[C@@H](Cc1ccc(OCc2ccccc2)cc1)C(=O)N[C@@H](CO)c1ccccc1.CCO[C@@H](Cc1ccc(OCc2ccccc2)cc1)C(=O)O. The average molecular weight is 720 g/mol. The summed E-state index contributed by atoms with van der Waals surface area (Å²) in [6.45, 7) is 5.30. The summed E-state index contributed by atoms with van der Waals surface area (Å²) in [5.41, 5.74) is 4.95. The van der Waals surface area contributed by atoms with E-state index in [1.807, 2.05) is 146 Å². The molecule has 53 heavy (non-hydrogen) atoms. The Morgan fingerprint density at radius 2 is 0.981 bits per heavy atom. The van der Waals surface area contributed by atoms with Crippen LogP contribution in [-0.2, 0) is 45.1 Å². The number of aliphatic hydroxyl groups excluding tert-OH is 1. The minimum absolute atomic E-state index is 0.179. The average Bonchev–Trinajstić information content (AvgIpc) is 3.20. The lowest BCUT2D eigenvalue weighted by Crippen LogP contribution is -2.41. The molecular formula is C44H49NO8. The maximum Gasteiger partial charge on any atom is 0.333 e. The maximum atomic E-state index is 12.8. The third-order valence-corrected chi connectivity index (χ3v) is 8.19. The highest BCUT2D eigenvalue weighted by atomic mass is 16.5. The molecule has 0 heterocycles. The lowest BCUT2D eigenvalue weighted by molar-refractivity contribution is -0.150. The summed E-state index contributed by atoms with van der Waals surface area (Å²) in [6, 6.07) is 44.0. The lowest BCUT2D eigenvalue weighted by atomic mass is 10.0. The van der Waals surface area contributed by atoms with Crippen molar-refractivity contribution in [1.29, 1.82) is 0 Å². The van der Waals surface area contributed by atoms with E-state index >= 15 is 0 Å². The number of amides is 1. The van der Waals surface area contributed by atoms with Gasteiger partial charge in [-0.3, -0.25) is 4.79 Å². The van der Waals surface area contributed by atoms with Crippen molar-refractivity contribution < 1.29 is 38.7 Å². The van der Waals surface area contributed by atoms with Crippen LogP contribution in [0.4, 0.5) is 0 Å². The van der Waals surface area contributed by atoms with E-state index < -0.39 is 24.2 Å². The second-order valence-corrected chi connectivity index (χ2v) is 12.1. The summed E-state index contributed by atoms with van der Waals surface area (Å²) >= 11 is 0. The number of nitrogens with one attached hydrogen (secondary N) is 1. The molecule has 0 radical (unpaired) electrons. The van der Waals surface area contributed by atoms with Crippen molar-refractivity contribution in [2.75, 3.05) is 19.8 Å². The second-order valence-electron chi connectivity index (χ2n) is 12.1. The van der Waals surface area contributed by atoms with Gasteiger partial charge in [0.05, 0.1) is 12.6 Å². The molecule has 0 aromatic heterocycles. The Bertz CT molecular complexity index is 1750. The third kappa shape index (κ3) is 14.2. The second kappa shape index (κ2) is 22.5. The van der Waals surface area contributed by atoms with Crippen LogP contribution in [0.5, 0.6) is 11.5 Å². The topological polar surface area (TPSA) is 124 Å². The summed E-state index contributed by atoms with van der Waals surface area (Å²) in [7, 11) is 0. The number of aliphatic hydroxyl groups is 1. The Morgan fingerprint density at radius 1 is 0.566 bits per heavy atom. The molecule has 9 nitrogen and oxygen atoms in total. The molecule has 0 aliphatic carbocycles. The molecule has 0 bridgehead atoms. The molecule has 0 spiro atoms. The van der Waals surface area contributed by atoms with Gasteiger partial charge >= 0.3 is 5.97 Å². The van der Waals surface area contributed by atoms with E-state index in [4.69, 9.17) is 24.1 Å². The molecule has 0 unspecified atom stereocenters. The number of aliphatic carboxylic acids is 1. The zero-order valence-corrected chi connectivity index (χ0v) is 30.3. The van der Waals surface area contributed by atoms with E-state index in [0.717, 1.165) is 39.3 Å². The molecule has 3 N–H and O–H groups in total. The summed E-state index contributed by atoms with van der Waals surface area (Å²) < 4.78 is 22.4. The van der Waals surface area contributed by atoms with Gasteiger partial charge in [-0.05, 0) is 65.9 Å².